The van der Waals surface area contributed by atoms with E-state index in [0.717, 1.165) is 6.71 Å². The molecule has 0 atom stereocenters. The molecule has 1 fully saturated rings. The molecule has 1 heterocycles. The second-order valence-corrected chi connectivity index (χ2v) is 20.6. The molecule has 1 aromatic rings. The number of hydrogen-bond donors (Lipinski definition) is 0. The van der Waals surface area contributed by atoms with Gasteiger partial charge in [0, 0.05) is 0 Å². The van der Waals surface area contributed by atoms with Crippen LogP contribution in [-0.2, 0) is 0 Å². The minimum absolute atomic E-state index is 0.723. The Morgan fingerprint density at radius 2 is 1.76 bits per heavy atom. The standard InChI is InChI=1S/C12H14B.3CH3.Sn/c1-11-7-5-6-10-13(11)12-8-3-2-4-9-12;;;;/h1-4,8-9H,5-7,10H2;3*1H3;. The summed E-state index contributed by atoms with van der Waals surface area (Å²) < 4.78 is 2.71. The molecule has 0 saturated carbocycles. The molecule has 0 unspecified atom stereocenters. The summed E-state index contributed by atoms with van der Waals surface area (Å²) in [6.45, 7) is 0.723. The van der Waals surface area contributed by atoms with Crippen LogP contribution in [0.3, 0.4) is 0 Å². The molecule has 1 aromatic carbocycles. The maximum absolute atomic E-state index is 2.71. The van der Waals surface area contributed by atoms with E-state index in [-0.39, 0.29) is 0 Å². The third-order valence-corrected chi connectivity index (χ3v) is 7.01. The van der Waals surface area contributed by atoms with Gasteiger partial charge in [0.1, 0.15) is 0 Å². The monoisotopic (exact) mass is 334 g/mol. The Morgan fingerprint density at radius 1 is 1.06 bits per heavy atom. The van der Waals surface area contributed by atoms with Crippen molar-refractivity contribution in [1.82, 2.24) is 0 Å². The van der Waals surface area contributed by atoms with E-state index in [1.165, 1.54) is 31.0 Å². The first-order valence-corrected chi connectivity index (χ1v) is 17.0. The minimum atomic E-state index is -1.79. The number of allylic oxidation sites excluding steroid dienone is 1. The van der Waals surface area contributed by atoms with E-state index < -0.39 is 18.4 Å². The van der Waals surface area contributed by atoms with Crippen molar-refractivity contribution in [1.29, 1.82) is 0 Å². The molecular weight excluding hydrogens is 310 g/mol. The second kappa shape index (κ2) is 5.64. The molecule has 0 radical (unpaired) electrons. The number of rotatable bonds is 2. The van der Waals surface area contributed by atoms with Crippen LogP contribution in [0.1, 0.15) is 19.3 Å². The Labute approximate surface area is 110 Å². The van der Waals surface area contributed by atoms with E-state index in [1.54, 1.807) is 5.47 Å². The molecule has 0 amide bonds. The summed E-state index contributed by atoms with van der Waals surface area (Å²) in [5.41, 5.74) is 3.29. The normalized spacial score (nSPS) is 19.7. The van der Waals surface area contributed by atoms with Crippen LogP contribution in [0.2, 0.25) is 21.1 Å². The Kier molecular flexibility index (Phi) is 4.40. The summed E-state index contributed by atoms with van der Waals surface area (Å²) in [6.07, 6.45) is 5.50. The van der Waals surface area contributed by atoms with E-state index in [1.807, 2.05) is 0 Å². The molecule has 0 aliphatic carbocycles. The SMILES string of the molecule is [CH3][Sn]([CH3])([CH3])[CH]=C1CCCCB1c1ccccc1. The van der Waals surface area contributed by atoms with Crippen molar-refractivity contribution in [2.75, 3.05) is 0 Å². The summed E-state index contributed by atoms with van der Waals surface area (Å²) in [6, 6.07) is 11.1. The second-order valence-electron chi connectivity index (χ2n) is 6.29. The van der Waals surface area contributed by atoms with Gasteiger partial charge in [-0.15, -0.1) is 0 Å². The molecule has 90 valence electrons. The first kappa shape index (κ1) is 13.3. The van der Waals surface area contributed by atoms with Gasteiger partial charge in [0.2, 0.25) is 0 Å². The molecule has 0 nitrogen and oxygen atoms in total. The summed E-state index contributed by atoms with van der Waals surface area (Å²) in [4.78, 5) is 7.54. The van der Waals surface area contributed by atoms with Crippen LogP contribution < -0.4 is 5.46 Å². The summed E-state index contributed by atoms with van der Waals surface area (Å²) in [7, 11) is 0. The first-order valence-electron chi connectivity index (χ1n) is 6.83. The van der Waals surface area contributed by atoms with E-state index >= 15 is 0 Å². The Hall–Kier alpha value is -0.176. The van der Waals surface area contributed by atoms with Gasteiger partial charge < -0.3 is 0 Å². The van der Waals surface area contributed by atoms with Gasteiger partial charge in [0.05, 0.1) is 0 Å². The van der Waals surface area contributed by atoms with Gasteiger partial charge in [-0.1, -0.05) is 0 Å². The predicted octanol–water partition coefficient (Wildman–Crippen LogP) is 3.92. The van der Waals surface area contributed by atoms with Crippen LogP contribution in [0, 0.1) is 0 Å². The van der Waals surface area contributed by atoms with Crippen LogP contribution in [0.4, 0.5) is 0 Å². The molecule has 0 aromatic heterocycles. The number of benzene rings is 1. The molecule has 0 spiro atoms. The third-order valence-electron chi connectivity index (χ3n) is 3.48. The van der Waals surface area contributed by atoms with E-state index in [0.29, 0.717) is 0 Å². The Morgan fingerprint density at radius 3 is 2.41 bits per heavy atom. The fourth-order valence-corrected chi connectivity index (χ4v) is 6.99. The molecule has 1 aliphatic rings. The molecular formula is C15H23BSn. The van der Waals surface area contributed by atoms with Crippen molar-refractivity contribution < 1.29 is 0 Å². The summed E-state index contributed by atoms with van der Waals surface area (Å²) in [5, 5.41) is 0. The fourth-order valence-electron chi connectivity index (χ4n) is 2.83. The van der Waals surface area contributed by atoms with Crippen LogP contribution in [0.25, 0.3) is 0 Å². The van der Waals surface area contributed by atoms with Crippen molar-refractivity contribution >= 4 is 30.6 Å². The average Bonchev–Trinajstić information content (AvgIpc) is 2.29. The maximum atomic E-state index is 2.71. The van der Waals surface area contributed by atoms with Gasteiger partial charge >= 0.3 is 111 Å². The summed E-state index contributed by atoms with van der Waals surface area (Å²) >= 11 is -1.79. The predicted molar refractivity (Wildman–Crippen MR) is 81.9 cm³/mol. The molecule has 2 heteroatoms. The van der Waals surface area contributed by atoms with Crippen LogP contribution in [-0.4, -0.2) is 25.1 Å². The van der Waals surface area contributed by atoms with E-state index in [4.69, 9.17) is 0 Å². The van der Waals surface area contributed by atoms with Gasteiger partial charge in [-0.25, -0.2) is 0 Å². The average molecular weight is 333 g/mol. The molecule has 1 aliphatic heterocycles. The van der Waals surface area contributed by atoms with Crippen LogP contribution >= 0.6 is 0 Å². The van der Waals surface area contributed by atoms with Crippen molar-refractivity contribution in [2.24, 2.45) is 0 Å². The van der Waals surface area contributed by atoms with Crippen molar-refractivity contribution in [2.45, 2.75) is 40.4 Å². The fraction of sp³-hybridized carbons (Fsp3) is 0.467. The third kappa shape index (κ3) is 3.91. The molecule has 17 heavy (non-hydrogen) atoms. The quantitative estimate of drug-likeness (QED) is 0.720. The molecule has 0 bridgehead atoms. The van der Waals surface area contributed by atoms with Crippen molar-refractivity contribution in [3.63, 3.8) is 0 Å². The topological polar surface area (TPSA) is 0 Å². The Balaban J connectivity index is 2.27. The Bertz CT molecular complexity index is 389. The zero-order valence-electron chi connectivity index (χ0n) is 11.4. The van der Waals surface area contributed by atoms with Gasteiger partial charge in [-0.2, -0.15) is 0 Å². The van der Waals surface area contributed by atoms with E-state index in [9.17, 15) is 0 Å². The number of hydrogen-bond acceptors (Lipinski definition) is 0. The zero-order valence-corrected chi connectivity index (χ0v) is 14.2. The van der Waals surface area contributed by atoms with Gasteiger partial charge in [-0.05, 0) is 0 Å². The van der Waals surface area contributed by atoms with Gasteiger partial charge in [-0.3, -0.25) is 0 Å². The van der Waals surface area contributed by atoms with Crippen molar-refractivity contribution in [3.8, 4) is 0 Å². The van der Waals surface area contributed by atoms with E-state index in [2.05, 4.69) is 49.2 Å². The molecule has 0 N–H and O–H groups in total. The van der Waals surface area contributed by atoms with Crippen LogP contribution in [0.15, 0.2) is 39.9 Å². The summed E-state index contributed by atoms with van der Waals surface area (Å²) in [5.74, 6) is 0. The van der Waals surface area contributed by atoms with Crippen molar-refractivity contribution in [3.05, 3.63) is 39.9 Å². The first-order chi connectivity index (χ1) is 8.06. The zero-order chi connectivity index (χ0) is 12.3. The van der Waals surface area contributed by atoms with Gasteiger partial charge in [0.15, 0.2) is 0 Å². The van der Waals surface area contributed by atoms with Gasteiger partial charge in [0.25, 0.3) is 0 Å². The molecule has 2 rings (SSSR count). The van der Waals surface area contributed by atoms with Crippen LogP contribution in [0.5, 0.6) is 0 Å². The molecule has 1 saturated heterocycles.